The van der Waals surface area contributed by atoms with Crippen molar-refractivity contribution in [2.24, 2.45) is 4.99 Å². The van der Waals surface area contributed by atoms with Crippen LogP contribution in [0.25, 0.3) is 10.9 Å². The molecule has 0 aliphatic heterocycles. The van der Waals surface area contributed by atoms with Gasteiger partial charge in [-0.05, 0) is 54.7 Å². The summed E-state index contributed by atoms with van der Waals surface area (Å²) < 4.78 is 5.27. The molecule has 0 unspecified atom stereocenters. The molecule has 0 spiro atoms. The quantitative estimate of drug-likeness (QED) is 0.445. The topological polar surface area (TPSA) is 61.4 Å². The summed E-state index contributed by atoms with van der Waals surface area (Å²) in [7, 11) is 3.49. The number of nitrogens with one attached hydrogen (secondary N) is 3. The van der Waals surface area contributed by atoms with Gasteiger partial charge in [-0.15, -0.1) is 0 Å². The molecular weight excluding hydrogens is 336 g/mol. The van der Waals surface area contributed by atoms with Gasteiger partial charge in [-0.3, -0.25) is 4.99 Å². The van der Waals surface area contributed by atoms with E-state index in [1.54, 1.807) is 14.2 Å². The maximum absolute atomic E-state index is 5.27. The Kier molecular flexibility index (Phi) is 6.36. The maximum atomic E-state index is 5.27. The first kappa shape index (κ1) is 18.8. The van der Waals surface area contributed by atoms with Crippen LogP contribution in [0.1, 0.15) is 16.7 Å². The van der Waals surface area contributed by atoms with E-state index >= 15 is 0 Å². The Morgan fingerprint density at radius 2 is 1.89 bits per heavy atom. The zero-order valence-electron chi connectivity index (χ0n) is 16.3. The summed E-state index contributed by atoms with van der Waals surface area (Å²) in [5.74, 6) is 1.72. The fourth-order valence-corrected chi connectivity index (χ4v) is 3.20. The third kappa shape index (κ3) is 5.03. The van der Waals surface area contributed by atoms with Crippen LogP contribution < -0.4 is 15.4 Å². The van der Waals surface area contributed by atoms with E-state index in [1.807, 2.05) is 12.1 Å². The van der Waals surface area contributed by atoms with Gasteiger partial charge in [0, 0.05) is 37.2 Å². The highest BCUT2D eigenvalue weighted by Gasteiger charge is 2.04. The summed E-state index contributed by atoms with van der Waals surface area (Å²) >= 11 is 0. The standard InChI is InChI=1S/C22H28N4O/c1-16-7-8-20-18(15-26-21(20)13-16)10-12-25-22(23-2)24-11-9-17-5-4-6-19(14-17)27-3/h4-8,13-15,26H,9-12H2,1-3H3,(H2,23,24,25). The summed E-state index contributed by atoms with van der Waals surface area (Å²) in [5, 5.41) is 8.06. The van der Waals surface area contributed by atoms with E-state index in [1.165, 1.54) is 27.6 Å². The van der Waals surface area contributed by atoms with Gasteiger partial charge in [0.2, 0.25) is 0 Å². The van der Waals surface area contributed by atoms with E-state index in [0.29, 0.717) is 0 Å². The van der Waals surface area contributed by atoms with Gasteiger partial charge in [-0.1, -0.05) is 24.3 Å². The van der Waals surface area contributed by atoms with E-state index in [9.17, 15) is 0 Å². The zero-order chi connectivity index (χ0) is 19.1. The molecule has 0 amide bonds. The molecule has 27 heavy (non-hydrogen) atoms. The van der Waals surface area contributed by atoms with Crippen LogP contribution in [0, 0.1) is 6.92 Å². The van der Waals surface area contributed by atoms with Gasteiger partial charge in [-0.25, -0.2) is 0 Å². The molecule has 0 bridgehead atoms. The smallest absolute Gasteiger partial charge is 0.190 e. The molecule has 0 aliphatic rings. The monoisotopic (exact) mass is 364 g/mol. The van der Waals surface area contributed by atoms with Gasteiger partial charge < -0.3 is 20.4 Å². The molecule has 0 saturated carbocycles. The van der Waals surface area contributed by atoms with Gasteiger partial charge in [0.05, 0.1) is 7.11 Å². The van der Waals surface area contributed by atoms with Gasteiger partial charge in [0.15, 0.2) is 5.96 Å². The molecule has 1 aromatic heterocycles. The Labute approximate surface area is 160 Å². The van der Waals surface area contributed by atoms with Crippen molar-refractivity contribution in [3.8, 4) is 5.75 Å². The van der Waals surface area contributed by atoms with Gasteiger partial charge >= 0.3 is 0 Å². The van der Waals surface area contributed by atoms with Crippen LogP contribution in [0.4, 0.5) is 0 Å². The van der Waals surface area contributed by atoms with Crippen LogP contribution in [-0.4, -0.2) is 38.2 Å². The summed E-state index contributed by atoms with van der Waals surface area (Å²) in [5.41, 5.74) is 5.04. The van der Waals surface area contributed by atoms with Crippen LogP contribution >= 0.6 is 0 Å². The number of aryl methyl sites for hydroxylation is 1. The minimum atomic E-state index is 0.819. The number of H-pyrrole nitrogens is 1. The first-order valence-electron chi connectivity index (χ1n) is 9.33. The number of guanidine groups is 1. The van der Waals surface area contributed by atoms with Crippen LogP contribution in [0.2, 0.25) is 0 Å². The Hall–Kier alpha value is -2.95. The largest absolute Gasteiger partial charge is 0.497 e. The zero-order valence-corrected chi connectivity index (χ0v) is 16.3. The summed E-state index contributed by atoms with van der Waals surface area (Å²) in [6.45, 7) is 3.77. The molecule has 3 aromatic rings. The molecule has 1 heterocycles. The lowest BCUT2D eigenvalue weighted by molar-refractivity contribution is 0.414. The summed E-state index contributed by atoms with van der Waals surface area (Å²) in [6.07, 6.45) is 3.96. The molecule has 0 saturated heterocycles. The number of aromatic nitrogens is 1. The normalized spacial score (nSPS) is 11.6. The molecule has 0 aliphatic carbocycles. The van der Waals surface area contributed by atoms with Crippen molar-refractivity contribution in [1.29, 1.82) is 0 Å². The second-order valence-electron chi connectivity index (χ2n) is 6.64. The number of hydrogen-bond donors (Lipinski definition) is 3. The fourth-order valence-electron chi connectivity index (χ4n) is 3.20. The van der Waals surface area contributed by atoms with E-state index in [-0.39, 0.29) is 0 Å². The van der Waals surface area contributed by atoms with Crippen LogP contribution in [0.3, 0.4) is 0 Å². The Bertz CT molecular complexity index is 914. The van der Waals surface area contributed by atoms with Crippen molar-refractivity contribution < 1.29 is 4.74 Å². The number of methoxy groups -OCH3 is 1. The lowest BCUT2D eigenvalue weighted by Gasteiger charge is -2.12. The Morgan fingerprint density at radius 3 is 2.67 bits per heavy atom. The second-order valence-corrected chi connectivity index (χ2v) is 6.64. The lowest BCUT2D eigenvalue weighted by atomic mass is 10.1. The molecule has 0 radical (unpaired) electrons. The number of aliphatic imine (C=N–C) groups is 1. The first-order chi connectivity index (χ1) is 13.2. The van der Waals surface area contributed by atoms with Crippen LogP contribution in [-0.2, 0) is 12.8 Å². The molecule has 5 heteroatoms. The molecule has 0 atom stereocenters. The second kappa shape index (κ2) is 9.12. The van der Waals surface area contributed by atoms with E-state index in [2.05, 4.69) is 64.1 Å². The average Bonchev–Trinajstić information content (AvgIpc) is 3.09. The van der Waals surface area contributed by atoms with E-state index < -0.39 is 0 Å². The lowest BCUT2D eigenvalue weighted by Crippen LogP contribution is -2.39. The Morgan fingerprint density at radius 1 is 1.07 bits per heavy atom. The predicted octanol–water partition coefficient (Wildman–Crippen LogP) is 3.44. The van der Waals surface area contributed by atoms with Crippen molar-refractivity contribution in [3.05, 3.63) is 65.4 Å². The maximum Gasteiger partial charge on any atom is 0.190 e. The molecule has 0 fully saturated rings. The number of rotatable bonds is 7. The number of hydrogen-bond acceptors (Lipinski definition) is 2. The minimum Gasteiger partial charge on any atom is -0.497 e. The van der Waals surface area contributed by atoms with Gasteiger partial charge in [0.25, 0.3) is 0 Å². The number of benzene rings is 2. The number of aromatic amines is 1. The number of nitrogens with zero attached hydrogens (tertiary/aromatic N) is 1. The molecule has 3 rings (SSSR count). The fraction of sp³-hybridized carbons (Fsp3) is 0.318. The minimum absolute atomic E-state index is 0.819. The van der Waals surface area contributed by atoms with E-state index in [0.717, 1.165) is 37.6 Å². The summed E-state index contributed by atoms with van der Waals surface area (Å²) in [4.78, 5) is 7.67. The van der Waals surface area contributed by atoms with Gasteiger partial charge in [0.1, 0.15) is 5.75 Å². The average molecular weight is 364 g/mol. The van der Waals surface area contributed by atoms with Crippen molar-refractivity contribution in [1.82, 2.24) is 15.6 Å². The Balaban J connectivity index is 1.46. The highest BCUT2D eigenvalue weighted by Crippen LogP contribution is 2.19. The van der Waals surface area contributed by atoms with Gasteiger partial charge in [-0.2, -0.15) is 0 Å². The highest BCUT2D eigenvalue weighted by atomic mass is 16.5. The molecule has 2 aromatic carbocycles. The van der Waals surface area contributed by atoms with Crippen LogP contribution in [0.15, 0.2) is 53.7 Å². The predicted molar refractivity (Wildman–Crippen MR) is 113 cm³/mol. The van der Waals surface area contributed by atoms with E-state index in [4.69, 9.17) is 4.74 Å². The SMILES string of the molecule is CN=C(NCCc1cccc(OC)c1)NCCc1c[nH]c2cc(C)ccc12. The van der Waals surface area contributed by atoms with Crippen molar-refractivity contribution in [3.63, 3.8) is 0 Å². The third-order valence-corrected chi connectivity index (χ3v) is 4.67. The first-order valence-corrected chi connectivity index (χ1v) is 9.33. The third-order valence-electron chi connectivity index (χ3n) is 4.67. The number of fused-ring (bicyclic) bond motifs is 1. The molecule has 3 N–H and O–H groups in total. The van der Waals surface area contributed by atoms with Crippen molar-refractivity contribution in [2.75, 3.05) is 27.2 Å². The molecule has 5 nitrogen and oxygen atoms in total. The molecular formula is C22H28N4O. The van der Waals surface area contributed by atoms with Crippen molar-refractivity contribution in [2.45, 2.75) is 19.8 Å². The highest BCUT2D eigenvalue weighted by molar-refractivity contribution is 5.84. The summed E-state index contributed by atoms with van der Waals surface area (Å²) in [6, 6.07) is 14.7. The van der Waals surface area contributed by atoms with Crippen LogP contribution in [0.5, 0.6) is 5.75 Å². The van der Waals surface area contributed by atoms with Crippen molar-refractivity contribution >= 4 is 16.9 Å². The molecule has 142 valence electrons. The number of ether oxygens (including phenoxy) is 1.